The van der Waals surface area contributed by atoms with E-state index in [0.717, 1.165) is 26.2 Å². The zero-order valence-electron chi connectivity index (χ0n) is 16.9. The van der Waals surface area contributed by atoms with E-state index >= 15 is 0 Å². The van der Waals surface area contributed by atoms with Crippen LogP contribution in [0.5, 0.6) is 5.75 Å². The van der Waals surface area contributed by atoms with Gasteiger partial charge in [0.15, 0.2) is 5.82 Å². The number of hydrogen-bond acceptors (Lipinski definition) is 5. The molecule has 7 nitrogen and oxygen atoms in total. The minimum atomic E-state index is -0.495. The molecule has 0 saturated carbocycles. The van der Waals surface area contributed by atoms with Gasteiger partial charge in [0.05, 0.1) is 5.56 Å². The lowest BCUT2D eigenvalue weighted by molar-refractivity contribution is 0.0751. The number of piperazine rings is 1. The number of aliphatic imine (C=N–C) groups is 2. The van der Waals surface area contributed by atoms with Crippen LogP contribution in [0, 0.1) is 5.82 Å². The number of halogens is 1. The summed E-state index contributed by atoms with van der Waals surface area (Å²) in [7, 11) is 1.68. The first-order valence-electron chi connectivity index (χ1n) is 9.24. The molecule has 1 aromatic rings. The van der Waals surface area contributed by atoms with E-state index in [1.54, 1.807) is 14.0 Å². The number of carbonyl (C=O) groups excluding carboxylic acids is 1. The standard InChI is InChI=1S/C20H28FN5O2/c1-14(2)25(5)20(27)17-12-16(21)6-7-18(17)28-15(3)19(24-13-22-4)26-10-8-23-9-11-26/h6-7,12-14,23H,4,8-11H2,1-3,5H3/b19-15-,24-13-. The topological polar surface area (TPSA) is 69.5 Å². The average Bonchev–Trinajstić information content (AvgIpc) is 2.69. The first-order chi connectivity index (χ1) is 13.3. The van der Waals surface area contributed by atoms with Gasteiger partial charge in [-0.25, -0.2) is 9.38 Å². The molecule has 0 atom stereocenters. The van der Waals surface area contributed by atoms with Gasteiger partial charge < -0.3 is 19.9 Å². The highest BCUT2D eigenvalue weighted by Gasteiger charge is 2.22. The summed E-state index contributed by atoms with van der Waals surface area (Å²) < 4.78 is 19.8. The number of ether oxygens (including phenoxy) is 1. The van der Waals surface area contributed by atoms with Crippen molar-refractivity contribution in [2.75, 3.05) is 33.2 Å². The van der Waals surface area contributed by atoms with Crippen molar-refractivity contribution in [2.45, 2.75) is 26.8 Å². The molecular weight excluding hydrogens is 361 g/mol. The molecule has 0 aliphatic carbocycles. The Balaban J connectivity index is 2.40. The molecule has 0 spiro atoms. The number of hydrogen-bond donors (Lipinski definition) is 1. The van der Waals surface area contributed by atoms with Gasteiger partial charge in [-0.15, -0.1) is 0 Å². The Bertz CT molecular complexity index is 770. The number of nitrogens with one attached hydrogen (secondary N) is 1. The molecule has 152 valence electrons. The molecule has 0 bridgehead atoms. The van der Waals surface area contributed by atoms with Crippen molar-refractivity contribution in [2.24, 2.45) is 9.98 Å². The van der Waals surface area contributed by atoms with E-state index < -0.39 is 5.82 Å². The van der Waals surface area contributed by atoms with Gasteiger partial charge >= 0.3 is 0 Å². The maximum atomic E-state index is 13.8. The minimum Gasteiger partial charge on any atom is -0.457 e. The van der Waals surface area contributed by atoms with Crippen molar-refractivity contribution in [3.05, 3.63) is 41.2 Å². The van der Waals surface area contributed by atoms with Crippen LogP contribution in [0.1, 0.15) is 31.1 Å². The van der Waals surface area contributed by atoms with Gasteiger partial charge in [-0.1, -0.05) is 0 Å². The molecule has 8 heteroatoms. The highest BCUT2D eigenvalue weighted by Crippen LogP contribution is 2.26. The number of rotatable bonds is 7. The molecule has 1 N–H and O–H groups in total. The number of carbonyl (C=O) groups is 1. The van der Waals surface area contributed by atoms with E-state index in [1.165, 1.54) is 29.4 Å². The van der Waals surface area contributed by atoms with Crippen LogP contribution in [0.3, 0.4) is 0 Å². The Kier molecular flexibility index (Phi) is 7.69. The molecule has 0 unspecified atom stereocenters. The van der Waals surface area contributed by atoms with Crippen LogP contribution in [0.4, 0.5) is 4.39 Å². The number of amides is 1. The molecule has 1 amide bonds. The average molecular weight is 389 g/mol. The summed E-state index contributed by atoms with van der Waals surface area (Å²) in [6.07, 6.45) is 1.35. The van der Waals surface area contributed by atoms with E-state index in [1.807, 2.05) is 13.8 Å². The summed E-state index contributed by atoms with van der Waals surface area (Å²) >= 11 is 0. The van der Waals surface area contributed by atoms with Crippen LogP contribution in [-0.4, -0.2) is 68.0 Å². The summed E-state index contributed by atoms with van der Waals surface area (Å²) in [5, 5.41) is 3.28. The van der Waals surface area contributed by atoms with Crippen molar-refractivity contribution >= 4 is 19.0 Å². The molecule has 0 radical (unpaired) electrons. The Hall–Kier alpha value is -2.74. The molecule has 1 aliphatic heterocycles. The molecular formula is C20H28FN5O2. The van der Waals surface area contributed by atoms with Crippen molar-refractivity contribution in [3.63, 3.8) is 0 Å². The SMILES string of the molecule is C=N/C=N\C(=C(/C)Oc1ccc(F)cc1C(=O)N(C)C(C)C)N1CCNCC1. The summed E-state index contributed by atoms with van der Waals surface area (Å²) in [4.78, 5) is 24.4. The monoisotopic (exact) mass is 389 g/mol. The lowest BCUT2D eigenvalue weighted by Crippen LogP contribution is -2.43. The predicted octanol–water partition coefficient (Wildman–Crippen LogP) is 2.51. The van der Waals surface area contributed by atoms with Crippen LogP contribution in [0.15, 0.2) is 39.8 Å². The summed E-state index contributed by atoms with van der Waals surface area (Å²) in [5.41, 5.74) is 0.168. The van der Waals surface area contributed by atoms with E-state index in [0.29, 0.717) is 11.6 Å². The second kappa shape index (κ2) is 9.98. The first-order valence-corrected chi connectivity index (χ1v) is 9.24. The predicted molar refractivity (Wildman–Crippen MR) is 109 cm³/mol. The molecule has 1 fully saturated rings. The van der Waals surface area contributed by atoms with Crippen molar-refractivity contribution < 1.29 is 13.9 Å². The highest BCUT2D eigenvalue weighted by molar-refractivity contribution is 5.97. The number of benzene rings is 1. The van der Waals surface area contributed by atoms with Crippen LogP contribution < -0.4 is 10.1 Å². The molecule has 28 heavy (non-hydrogen) atoms. The Morgan fingerprint density at radius 1 is 1.39 bits per heavy atom. The van der Waals surface area contributed by atoms with Crippen LogP contribution in [0.25, 0.3) is 0 Å². The second-order valence-electron chi connectivity index (χ2n) is 6.80. The van der Waals surface area contributed by atoms with Crippen molar-refractivity contribution in [1.82, 2.24) is 15.1 Å². The van der Waals surface area contributed by atoms with E-state index in [-0.39, 0.29) is 23.3 Å². The van der Waals surface area contributed by atoms with Crippen molar-refractivity contribution in [1.29, 1.82) is 0 Å². The molecule has 1 aromatic carbocycles. The molecule has 1 aliphatic rings. The third-order valence-electron chi connectivity index (χ3n) is 4.52. The van der Waals surface area contributed by atoms with Crippen LogP contribution in [-0.2, 0) is 0 Å². The van der Waals surface area contributed by atoms with Gasteiger partial charge in [0.25, 0.3) is 5.91 Å². The number of nitrogens with zero attached hydrogens (tertiary/aromatic N) is 4. The van der Waals surface area contributed by atoms with Gasteiger partial charge in [-0.3, -0.25) is 9.79 Å². The molecule has 2 rings (SSSR count). The Morgan fingerprint density at radius 2 is 2.07 bits per heavy atom. The van der Waals surface area contributed by atoms with Crippen LogP contribution in [0.2, 0.25) is 0 Å². The van der Waals surface area contributed by atoms with E-state index in [2.05, 4.69) is 26.9 Å². The quantitative estimate of drug-likeness (QED) is 0.442. The third kappa shape index (κ3) is 5.39. The largest absolute Gasteiger partial charge is 0.457 e. The fourth-order valence-electron chi connectivity index (χ4n) is 2.76. The molecule has 1 heterocycles. The van der Waals surface area contributed by atoms with Crippen molar-refractivity contribution in [3.8, 4) is 5.75 Å². The second-order valence-corrected chi connectivity index (χ2v) is 6.80. The number of allylic oxidation sites excluding steroid dienone is 1. The van der Waals surface area contributed by atoms with Gasteiger partial charge in [0.1, 0.15) is 23.7 Å². The zero-order valence-corrected chi connectivity index (χ0v) is 16.9. The van der Waals surface area contributed by atoms with Gasteiger partial charge in [0.2, 0.25) is 0 Å². The fraction of sp³-hybridized carbons (Fsp3) is 0.450. The first kappa shape index (κ1) is 21.6. The Morgan fingerprint density at radius 3 is 2.68 bits per heavy atom. The highest BCUT2D eigenvalue weighted by atomic mass is 19.1. The summed E-state index contributed by atoms with van der Waals surface area (Å²) in [6, 6.07) is 3.90. The maximum absolute atomic E-state index is 13.8. The lowest BCUT2D eigenvalue weighted by atomic mass is 10.1. The van der Waals surface area contributed by atoms with Gasteiger partial charge in [0, 0.05) is 39.3 Å². The molecule has 1 saturated heterocycles. The third-order valence-corrected chi connectivity index (χ3v) is 4.52. The van der Waals surface area contributed by atoms with E-state index in [4.69, 9.17) is 4.74 Å². The molecule has 0 aromatic heterocycles. The van der Waals surface area contributed by atoms with Crippen LogP contribution >= 0.6 is 0 Å². The van der Waals surface area contributed by atoms with Gasteiger partial charge in [-0.2, -0.15) is 0 Å². The summed E-state index contributed by atoms with van der Waals surface area (Å²) in [6.45, 7) is 12.1. The fourth-order valence-corrected chi connectivity index (χ4v) is 2.76. The van der Waals surface area contributed by atoms with Gasteiger partial charge in [-0.05, 0) is 45.7 Å². The lowest BCUT2D eigenvalue weighted by Gasteiger charge is -2.30. The van der Waals surface area contributed by atoms with E-state index in [9.17, 15) is 9.18 Å². The maximum Gasteiger partial charge on any atom is 0.257 e. The Labute approximate surface area is 165 Å². The normalized spacial score (nSPS) is 15.6. The minimum absolute atomic E-state index is 0.0278. The zero-order chi connectivity index (χ0) is 20.7. The summed E-state index contributed by atoms with van der Waals surface area (Å²) in [5.74, 6) is 0.581. The smallest absolute Gasteiger partial charge is 0.257 e.